The Bertz CT molecular complexity index is 1320. The van der Waals surface area contributed by atoms with Gasteiger partial charge in [-0.15, -0.1) is 11.3 Å². The molecule has 1 atom stereocenters. The fourth-order valence-electron chi connectivity index (χ4n) is 3.68. The number of benzene rings is 1. The largest absolute Gasteiger partial charge is 0.383 e. The lowest BCUT2D eigenvalue weighted by Crippen LogP contribution is -2.40. The molecule has 11 heteroatoms. The molecule has 0 amide bonds. The van der Waals surface area contributed by atoms with E-state index in [4.69, 9.17) is 11.5 Å². The molecule has 0 radical (unpaired) electrons. The summed E-state index contributed by atoms with van der Waals surface area (Å²) >= 11 is 1.20. The molecule has 9 nitrogen and oxygen atoms in total. The second kappa shape index (κ2) is 6.42. The Morgan fingerprint density at radius 1 is 1.10 bits per heavy atom. The molecule has 1 aromatic carbocycles. The molecule has 0 saturated heterocycles. The van der Waals surface area contributed by atoms with Crippen molar-refractivity contribution < 1.29 is 8.42 Å². The van der Waals surface area contributed by atoms with Gasteiger partial charge in [0.1, 0.15) is 10.0 Å². The van der Waals surface area contributed by atoms with Crippen LogP contribution < -0.4 is 15.8 Å². The van der Waals surface area contributed by atoms with Gasteiger partial charge in [-0.05, 0) is 29.5 Å². The highest BCUT2D eigenvalue weighted by molar-refractivity contribution is 7.94. The maximum atomic E-state index is 13.3. The SMILES string of the molecule is Nc1nc(N)c2cnn(C3Cc4ccccc4N(S(=O)(=O)c4cccs4)C3)c2n1. The molecule has 4 heterocycles. The molecule has 0 bridgehead atoms. The fourth-order valence-corrected chi connectivity index (χ4v) is 6.32. The summed E-state index contributed by atoms with van der Waals surface area (Å²) in [6, 6.07) is 10.6. The van der Waals surface area contributed by atoms with Crippen molar-refractivity contribution in [3.8, 4) is 0 Å². The number of nitrogens with two attached hydrogens (primary N) is 2. The lowest BCUT2D eigenvalue weighted by atomic mass is 10.00. The van der Waals surface area contributed by atoms with E-state index >= 15 is 0 Å². The normalized spacial score (nSPS) is 16.8. The highest BCUT2D eigenvalue weighted by Crippen LogP contribution is 2.37. The smallest absolute Gasteiger partial charge is 0.273 e. The van der Waals surface area contributed by atoms with Gasteiger partial charge in [-0.2, -0.15) is 15.1 Å². The quantitative estimate of drug-likeness (QED) is 0.511. The van der Waals surface area contributed by atoms with Gasteiger partial charge in [0.25, 0.3) is 10.0 Å². The summed E-state index contributed by atoms with van der Waals surface area (Å²) in [4.78, 5) is 8.26. The molecule has 0 spiro atoms. The van der Waals surface area contributed by atoms with Gasteiger partial charge in [-0.3, -0.25) is 4.31 Å². The van der Waals surface area contributed by atoms with Gasteiger partial charge < -0.3 is 11.5 Å². The average molecular weight is 428 g/mol. The number of hydrogen-bond donors (Lipinski definition) is 2. The van der Waals surface area contributed by atoms with Crippen molar-refractivity contribution in [2.24, 2.45) is 0 Å². The second-order valence-electron chi connectivity index (χ2n) is 6.75. The number of nitrogens with zero attached hydrogens (tertiary/aromatic N) is 5. The third-order valence-electron chi connectivity index (χ3n) is 4.98. The van der Waals surface area contributed by atoms with Crippen molar-refractivity contribution in [2.75, 3.05) is 22.3 Å². The Morgan fingerprint density at radius 2 is 1.93 bits per heavy atom. The predicted octanol–water partition coefficient (Wildman–Crippen LogP) is 2.04. The van der Waals surface area contributed by atoms with Crippen LogP contribution in [-0.4, -0.2) is 34.7 Å². The van der Waals surface area contributed by atoms with Crippen molar-refractivity contribution >= 4 is 49.8 Å². The predicted molar refractivity (Wildman–Crippen MR) is 112 cm³/mol. The molecular weight excluding hydrogens is 410 g/mol. The Balaban J connectivity index is 1.65. The molecule has 5 rings (SSSR count). The van der Waals surface area contributed by atoms with Gasteiger partial charge in [0.15, 0.2) is 5.65 Å². The summed E-state index contributed by atoms with van der Waals surface area (Å²) in [5.41, 5.74) is 13.8. The molecule has 29 heavy (non-hydrogen) atoms. The van der Waals surface area contributed by atoms with Crippen LogP contribution in [0, 0.1) is 0 Å². The van der Waals surface area contributed by atoms with Gasteiger partial charge in [-0.25, -0.2) is 13.1 Å². The zero-order chi connectivity index (χ0) is 20.2. The number of sulfonamides is 1. The van der Waals surface area contributed by atoms with Crippen LogP contribution in [0.2, 0.25) is 0 Å². The van der Waals surface area contributed by atoms with Gasteiger partial charge in [-0.1, -0.05) is 24.3 Å². The number of para-hydroxylation sites is 1. The van der Waals surface area contributed by atoms with Crippen molar-refractivity contribution in [3.05, 3.63) is 53.5 Å². The summed E-state index contributed by atoms with van der Waals surface area (Å²) in [5, 5.41) is 6.78. The minimum Gasteiger partial charge on any atom is -0.383 e. The van der Waals surface area contributed by atoms with Gasteiger partial charge in [0, 0.05) is 0 Å². The van der Waals surface area contributed by atoms with E-state index in [1.165, 1.54) is 15.6 Å². The summed E-state index contributed by atoms with van der Waals surface area (Å²) in [7, 11) is -3.70. The highest BCUT2D eigenvalue weighted by atomic mass is 32.2. The number of anilines is 3. The standard InChI is InChI=1S/C18H17N7O2S2/c19-16-13-9-21-25(17(13)23-18(20)22-16)12-8-11-4-1-2-5-14(11)24(10-12)29(26,27)15-6-3-7-28-15/h1-7,9,12H,8,10H2,(H4,19,20,22,23). The monoisotopic (exact) mass is 427 g/mol. The lowest BCUT2D eigenvalue weighted by Gasteiger charge is -2.35. The Morgan fingerprint density at radius 3 is 2.72 bits per heavy atom. The maximum Gasteiger partial charge on any atom is 0.273 e. The van der Waals surface area contributed by atoms with E-state index < -0.39 is 10.0 Å². The molecular formula is C18H17N7O2S2. The molecule has 4 N–H and O–H groups in total. The van der Waals surface area contributed by atoms with Gasteiger partial charge in [0.2, 0.25) is 5.95 Å². The zero-order valence-electron chi connectivity index (χ0n) is 15.1. The molecule has 0 saturated carbocycles. The molecule has 1 unspecified atom stereocenters. The van der Waals surface area contributed by atoms with E-state index in [0.29, 0.717) is 27.4 Å². The van der Waals surface area contributed by atoms with Crippen LogP contribution in [0.1, 0.15) is 11.6 Å². The van der Waals surface area contributed by atoms with Crippen LogP contribution in [0.3, 0.4) is 0 Å². The second-order valence-corrected chi connectivity index (χ2v) is 9.79. The number of rotatable bonds is 3. The van der Waals surface area contributed by atoms with E-state index in [9.17, 15) is 8.42 Å². The number of fused-ring (bicyclic) bond motifs is 2. The molecule has 1 aliphatic heterocycles. The van der Waals surface area contributed by atoms with Crippen molar-refractivity contribution in [1.82, 2.24) is 19.7 Å². The maximum absolute atomic E-state index is 13.3. The summed E-state index contributed by atoms with van der Waals surface area (Å²) in [6.45, 7) is 0.220. The molecule has 1 aliphatic rings. The number of thiophene rings is 1. The van der Waals surface area contributed by atoms with E-state index in [2.05, 4.69) is 15.1 Å². The molecule has 3 aromatic heterocycles. The first-order chi connectivity index (χ1) is 13.9. The number of nitrogen functional groups attached to an aromatic ring is 2. The highest BCUT2D eigenvalue weighted by Gasteiger charge is 2.35. The summed E-state index contributed by atoms with van der Waals surface area (Å²) in [5.74, 6) is 0.300. The van der Waals surface area contributed by atoms with E-state index in [0.717, 1.165) is 5.56 Å². The minimum atomic E-state index is -3.70. The topological polar surface area (TPSA) is 133 Å². The van der Waals surface area contributed by atoms with Gasteiger partial charge in [0.05, 0.1) is 29.9 Å². The number of hydrogen-bond acceptors (Lipinski definition) is 8. The number of aromatic nitrogens is 4. The first kappa shape index (κ1) is 17.9. The Hall–Kier alpha value is -3.18. The van der Waals surface area contributed by atoms with E-state index in [-0.39, 0.29) is 24.4 Å². The summed E-state index contributed by atoms with van der Waals surface area (Å²) < 4.78 is 30.1. The van der Waals surface area contributed by atoms with Crippen molar-refractivity contribution in [3.63, 3.8) is 0 Å². The van der Waals surface area contributed by atoms with E-state index in [1.807, 2.05) is 24.3 Å². The fraction of sp³-hybridized carbons (Fsp3) is 0.167. The third kappa shape index (κ3) is 2.81. The first-order valence-electron chi connectivity index (χ1n) is 8.85. The minimum absolute atomic E-state index is 0.0519. The zero-order valence-corrected chi connectivity index (χ0v) is 16.8. The molecule has 0 aliphatic carbocycles. The first-order valence-corrected chi connectivity index (χ1v) is 11.2. The van der Waals surface area contributed by atoms with Crippen molar-refractivity contribution in [2.45, 2.75) is 16.7 Å². The Kier molecular flexibility index (Phi) is 3.96. The van der Waals surface area contributed by atoms with Crippen LogP contribution in [0.15, 0.2) is 52.2 Å². The third-order valence-corrected chi connectivity index (χ3v) is 8.13. The van der Waals surface area contributed by atoms with Crippen LogP contribution in [0.5, 0.6) is 0 Å². The molecule has 0 fully saturated rings. The van der Waals surface area contributed by atoms with Crippen molar-refractivity contribution in [1.29, 1.82) is 0 Å². The molecule has 4 aromatic rings. The average Bonchev–Trinajstić information content (AvgIpc) is 3.37. The lowest BCUT2D eigenvalue weighted by molar-refractivity contribution is 0.456. The van der Waals surface area contributed by atoms with Crippen LogP contribution in [0.25, 0.3) is 11.0 Å². The van der Waals surface area contributed by atoms with Crippen LogP contribution in [-0.2, 0) is 16.4 Å². The Labute approximate surface area is 170 Å². The van der Waals surface area contributed by atoms with Crippen LogP contribution >= 0.6 is 11.3 Å². The van der Waals surface area contributed by atoms with Gasteiger partial charge >= 0.3 is 0 Å². The van der Waals surface area contributed by atoms with E-state index in [1.54, 1.807) is 28.4 Å². The van der Waals surface area contributed by atoms with Crippen LogP contribution in [0.4, 0.5) is 17.5 Å². The summed E-state index contributed by atoms with van der Waals surface area (Å²) in [6.07, 6.45) is 2.19. The molecule has 148 valence electrons.